The molecule has 0 aliphatic carbocycles. The number of fused-ring (bicyclic) bond motifs is 1. The van der Waals surface area contributed by atoms with Gasteiger partial charge in [-0.05, 0) is 36.8 Å². The van der Waals surface area contributed by atoms with Crippen molar-refractivity contribution in [2.75, 3.05) is 50.9 Å². The first-order valence-corrected chi connectivity index (χ1v) is 13.1. The molecular formula is C24H29N3O8S. The number of imide groups is 1. The topological polar surface area (TPSA) is 146 Å². The molecule has 1 aliphatic heterocycles. The van der Waals surface area contributed by atoms with Crippen LogP contribution in [-0.4, -0.2) is 77.1 Å². The van der Waals surface area contributed by atoms with Crippen LogP contribution in [0.3, 0.4) is 0 Å². The molecule has 0 spiro atoms. The Labute approximate surface area is 209 Å². The van der Waals surface area contributed by atoms with E-state index in [9.17, 15) is 22.8 Å². The molecule has 1 heterocycles. The van der Waals surface area contributed by atoms with E-state index in [0.717, 1.165) is 16.1 Å². The van der Waals surface area contributed by atoms with Crippen LogP contribution in [-0.2, 0) is 14.6 Å². The first-order valence-electron chi connectivity index (χ1n) is 11.1. The minimum atomic E-state index is -3.66. The standard InChI is InChI=1S/C24H29N3O8S/c1-5-35-20-13-15(9-10-19(20)34-3)18(14-36(4,31)32)27-22(28)16-7-6-8-17(21(16)23(27)29)26(24(25)30)11-12-33-2/h6-10,13,18H,5,11-12,14H2,1-4H3,(H2,25,30). The molecule has 0 aromatic heterocycles. The average molecular weight is 520 g/mol. The summed E-state index contributed by atoms with van der Waals surface area (Å²) in [6.07, 6.45) is 1.02. The smallest absolute Gasteiger partial charge is 0.319 e. The minimum Gasteiger partial charge on any atom is -0.493 e. The van der Waals surface area contributed by atoms with E-state index in [0.29, 0.717) is 23.7 Å². The average Bonchev–Trinajstić information content (AvgIpc) is 3.07. The zero-order valence-corrected chi connectivity index (χ0v) is 21.3. The maximum Gasteiger partial charge on any atom is 0.319 e. The van der Waals surface area contributed by atoms with Crippen molar-refractivity contribution < 1.29 is 37.0 Å². The van der Waals surface area contributed by atoms with Gasteiger partial charge in [0, 0.05) is 13.4 Å². The van der Waals surface area contributed by atoms with E-state index < -0.39 is 39.5 Å². The fourth-order valence-corrected chi connectivity index (χ4v) is 5.02. The number of urea groups is 1. The molecule has 12 heteroatoms. The molecule has 11 nitrogen and oxygen atoms in total. The lowest BCUT2D eigenvalue weighted by Crippen LogP contribution is -2.40. The number of carbonyl (C=O) groups is 3. The number of carbonyl (C=O) groups excluding carboxylic acids is 3. The van der Waals surface area contributed by atoms with Gasteiger partial charge in [-0.15, -0.1) is 0 Å². The normalized spacial score (nSPS) is 13.9. The SMILES string of the molecule is CCOc1cc(C(CS(C)(=O)=O)N2C(=O)c3cccc(N(CCOC)C(N)=O)c3C2=O)ccc1OC. The number of amides is 4. The van der Waals surface area contributed by atoms with E-state index in [4.69, 9.17) is 19.9 Å². The molecule has 0 bridgehead atoms. The van der Waals surface area contributed by atoms with E-state index >= 15 is 0 Å². The lowest BCUT2D eigenvalue weighted by Gasteiger charge is -2.27. The molecule has 2 aromatic carbocycles. The van der Waals surface area contributed by atoms with Crippen molar-refractivity contribution in [3.05, 3.63) is 53.1 Å². The van der Waals surface area contributed by atoms with Crippen LogP contribution in [0.25, 0.3) is 0 Å². The summed E-state index contributed by atoms with van der Waals surface area (Å²) in [6.45, 7) is 2.28. The van der Waals surface area contributed by atoms with Crippen LogP contribution >= 0.6 is 0 Å². The van der Waals surface area contributed by atoms with E-state index in [2.05, 4.69) is 0 Å². The molecule has 3 rings (SSSR count). The Morgan fingerprint density at radius 3 is 2.42 bits per heavy atom. The predicted molar refractivity (Wildman–Crippen MR) is 132 cm³/mol. The van der Waals surface area contributed by atoms with Gasteiger partial charge < -0.3 is 19.9 Å². The van der Waals surface area contributed by atoms with Gasteiger partial charge in [-0.2, -0.15) is 0 Å². The van der Waals surface area contributed by atoms with Crippen molar-refractivity contribution in [2.45, 2.75) is 13.0 Å². The largest absolute Gasteiger partial charge is 0.493 e. The summed E-state index contributed by atoms with van der Waals surface area (Å²) in [5.74, 6) is -1.19. The Balaban J connectivity index is 2.14. The lowest BCUT2D eigenvalue weighted by molar-refractivity contribution is 0.0597. The third-order valence-corrected chi connectivity index (χ3v) is 6.57. The second kappa shape index (κ2) is 11.0. The number of benzene rings is 2. The predicted octanol–water partition coefficient (Wildman–Crippen LogP) is 2.01. The minimum absolute atomic E-state index is 0.0329. The van der Waals surface area contributed by atoms with Crippen molar-refractivity contribution in [2.24, 2.45) is 5.73 Å². The quantitative estimate of drug-likeness (QED) is 0.444. The van der Waals surface area contributed by atoms with Gasteiger partial charge in [-0.25, -0.2) is 13.2 Å². The molecule has 0 saturated carbocycles. The summed E-state index contributed by atoms with van der Waals surface area (Å²) in [5, 5.41) is 0. The lowest BCUT2D eigenvalue weighted by atomic mass is 10.1. The van der Waals surface area contributed by atoms with Gasteiger partial charge in [0.05, 0.1) is 55.5 Å². The van der Waals surface area contributed by atoms with E-state index in [1.54, 1.807) is 25.1 Å². The van der Waals surface area contributed by atoms with Gasteiger partial charge in [0.25, 0.3) is 11.8 Å². The summed E-state index contributed by atoms with van der Waals surface area (Å²) in [6, 6.07) is 7.20. The Morgan fingerprint density at radius 1 is 1.11 bits per heavy atom. The van der Waals surface area contributed by atoms with Gasteiger partial charge in [0.1, 0.15) is 9.84 Å². The zero-order chi connectivity index (χ0) is 26.6. The fourth-order valence-electron chi connectivity index (χ4n) is 4.10. The molecule has 36 heavy (non-hydrogen) atoms. The molecule has 0 saturated heterocycles. The Kier molecular flexibility index (Phi) is 8.21. The second-order valence-corrected chi connectivity index (χ2v) is 10.3. The molecule has 2 N–H and O–H groups in total. The van der Waals surface area contributed by atoms with Crippen LogP contribution in [0.4, 0.5) is 10.5 Å². The molecular weight excluding hydrogens is 490 g/mol. The maximum atomic E-state index is 13.7. The van der Waals surface area contributed by atoms with Crippen LogP contribution in [0.2, 0.25) is 0 Å². The first-order chi connectivity index (χ1) is 17.0. The van der Waals surface area contributed by atoms with Crippen molar-refractivity contribution in [3.8, 4) is 11.5 Å². The first kappa shape index (κ1) is 27.0. The van der Waals surface area contributed by atoms with Gasteiger partial charge in [-0.1, -0.05) is 12.1 Å². The summed E-state index contributed by atoms with van der Waals surface area (Å²) < 4.78 is 40.7. The highest BCUT2D eigenvalue weighted by Crippen LogP contribution is 2.39. The third kappa shape index (κ3) is 5.44. The molecule has 1 aliphatic rings. The van der Waals surface area contributed by atoms with Gasteiger partial charge in [-0.3, -0.25) is 19.4 Å². The van der Waals surface area contributed by atoms with Gasteiger partial charge in [0.15, 0.2) is 11.5 Å². The van der Waals surface area contributed by atoms with Crippen molar-refractivity contribution in [1.82, 2.24) is 4.90 Å². The molecule has 2 aromatic rings. The molecule has 1 atom stereocenters. The number of methoxy groups -OCH3 is 2. The van der Waals surface area contributed by atoms with E-state index in [1.165, 1.54) is 32.4 Å². The summed E-state index contributed by atoms with van der Waals surface area (Å²) in [5.41, 5.74) is 6.06. The summed E-state index contributed by atoms with van der Waals surface area (Å²) in [7, 11) is -0.741. The fraction of sp³-hybridized carbons (Fsp3) is 0.375. The van der Waals surface area contributed by atoms with Crippen LogP contribution in [0.1, 0.15) is 39.2 Å². The highest BCUT2D eigenvalue weighted by atomic mass is 32.2. The van der Waals surface area contributed by atoms with Crippen molar-refractivity contribution in [1.29, 1.82) is 0 Å². The highest BCUT2D eigenvalue weighted by molar-refractivity contribution is 7.90. The monoisotopic (exact) mass is 519 g/mol. The van der Waals surface area contributed by atoms with Crippen molar-refractivity contribution >= 4 is 33.4 Å². The molecule has 4 amide bonds. The summed E-state index contributed by atoms with van der Waals surface area (Å²) in [4.78, 5) is 41.4. The van der Waals surface area contributed by atoms with E-state index in [1.807, 2.05) is 0 Å². The number of rotatable bonds is 11. The Morgan fingerprint density at radius 2 is 1.83 bits per heavy atom. The molecule has 1 unspecified atom stereocenters. The maximum absolute atomic E-state index is 13.7. The third-order valence-electron chi connectivity index (χ3n) is 5.64. The van der Waals surface area contributed by atoms with Crippen molar-refractivity contribution in [3.63, 3.8) is 0 Å². The number of hydrogen-bond acceptors (Lipinski definition) is 8. The molecule has 0 fully saturated rings. The highest BCUT2D eigenvalue weighted by Gasteiger charge is 2.44. The Hall–Kier alpha value is -3.64. The van der Waals surface area contributed by atoms with Crippen LogP contribution in [0.5, 0.6) is 11.5 Å². The molecule has 0 radical (unpaired) electrons. The Bertz CT molecular complexity index is 1280. The molecule has 194 valence electrons. The van der Waals surface area contributed by atoms with Gasteiger partial charge >= 0.3 is 6.03 Å². The number of nitrogens with zero attached hydrogens (tertiary/aromatic N) is 2. The number of hydrogen-bond donors (Lipinski definition) is 1. The number of ether oxygens (including phenoxy) is 3. The number of anilines is 1. The van der Waals surface area contributed by atoms with Crippen LogP contribution in [0, 0.1) is 0 Å². The number of sulfone groups is 1. The van der Waals surface area contributed by atoms with Crippen LogP contribution in [0.15, 0.2) is 36.4 Å². The number of nitrogens with two attached hydrogens (primary N) is 1. The zero-order valence-electron chi connectivity index (χ0n) is 20.5. The van der Waals surface area contributed by atoms with Crippen LogP contribution < -0.4 is 20.1 Å². The van der Waals surface area contributed by atoms with Gasteiger partial charge in [0.2, 0.25) is 0 Å². The van der Waals surface area contributed by atoms with E-state index in [-0.39, 0.29) is 30.0 Å². The second-order valence-electron chi connectivity index (χ2n) is 8.11. The summed E-state index contributed by atoms with van der Waals surface area (Å²) >= 11 is 0. The number of primary amides is 1.